The fourth-order valence-electron chi connectivity index (χ4n) is 2.78. The second-order valence-corrected chi connectivity index (χ2v) is 7.80. The van der Waals surface area contributed by atoms with Gasteiger partial charge in [-0.25, -0.2) is 0 Å². The first-order chi connectivity index (χ1) is 12.4. The molecule has 0 fully saturated rings. The van der Waals surface area contributed by atoms with Gasteiger partial charge < -0.3 is 9.84 Å². The van der Waals surface area contributed by atoms with Crippen LogP contribution in [-0.2, 0) is 16.5 Å². The SMILES string of the molecule is CCCCCCCCc1cc([O-])cc(Oc2cccc(S(=O)(=O)O)c2)c1.[K+]. The van der Waals surface area contributed by atoms with Gasteiger partial charge in [-0.3, -0.25) is 4.55 Å². The van der Waals surface area contributed by atoms with Crippen LogP contribution in [0.4, 0.5) is 0 Å². The van der Waals surface area contributed by atoms with Crippen LogP contribution in [0.25, 0.3) is 0 Å². The standard InChI is InChI=1S/C20H26O5S.K/c1-2-3-4-5-6-7-9-16-12-17(21)14-19(13-16)25-18-10-8-11-20(15-18)26(22,23)24;/h8,10-15,21H,2-7,9H2,1H3,(H,22,23,24);/q;+1/p-1. The van der Waals surface area contributed by atoms with Crippen molar-refractivity contribution >= 4 is 10.1 Å². The molecule has 5 nitrogen and oxygen atoms in total. The Morgan fingerprint density at radius 2 is 1.67 bits per heavy atom. The minimum absolute atomic E-state index is 0. The van der Waals surface area contributed by atoms with E-state index >= 15 is 0 Å². The molecule has 0 unspecified atom stereocenters. The molecule has 0 bridgehead atoms. The summed E-state index contributed by atoms with van der Waals surface area (Å²) >= 11 is 0. The summed E-state index contributed by atoms with van der Waals surface area (Å²) < 4.78 is 37.1. The predicted octanol–water partition coefficient (Wildman–Crippen LogP) is 1.71. The number of ether oxygens (including phenoxy) is 1. The van der Waals surface area contributed by atoms with Crippen molar-refractivity contribution in [1.82, 2.24) is 0 Å². The van der Waals surface area contributed by atoms with Crippen LogP contribution < -0.4 is 61.2 Å². The maximum absolute atomic E-state index is 11.9. The molecule has 0 aliphatic carbocycles. The van der Waals surface area contributed by atoms with Crippen LogP contribution in [0.5, 0.6) is 17.2 Å². The molecular formula is C20H25KO5S. The van der Waals surface area contributed by atoms with E-state index in [0.29, 0.717) is 5.75 Å². The van der Waals surface area contributed by atoms with Gasteiger partial charge in [0.1, 0.15) is 11.5 Å². The Bertz CT molecular complexity index is 821. The molecule has 2 aromatic carbocycles. The molecule has 0 heterocycles. The van der Waals surface area contributed by atoms with Crippen LogP contribution in [-0.4, -0.2) is 13.0 Å². The summed E-state index contributed by atoms with van der Waals surface area (Å²) in [4.78, 5) is -0.249. The summed E-state index contributed by atoms with van der Waals surface area (Å²) in [5.74, 6) is 0.469. The molecule has 2 rings (SSSR count). The first-order valence-corrected chi connectivity index (χ1v) is 10.4. The van der Waals surface area contributed by atoms with Crippen LogP contribution in [0, 0.1) is 0 Å². The average Bonchev–Trinajstić information content (AvgIpc) is 2.57. The maximum Gasteiger partial charge on any atom is 1.00 e. The Labute approximate surface area is 204 Å². The Morgan fingerprint density at radius 3 is 2.37 bits per heavy atom. The summed E-state index contributed by atoms with van der Waals surface area (Å²) in [5.41, 5.74) is 0.911. The molecule has 0 aromatic heterocycles. The second-order valence-electron chi connectivity index (χ2n) is 6.38. The quantitative estimate of drug-likeness (QED) is 0.362. The number of hydrogen-bond donors (Lipinski definition) is 1. The average molecular weight is 417 g/mol. The molecule has 0 atom stereocenters. The smallest absolute Gasteiger partial charge is 0.872 e. The molecule has 142 valence electrons. The van der Waals surface area contributed by atoms with Gasteiger partial charge in [-0.2, -0.15) is 8.42 Å². The third kappa shape index (κ3) is 9.08. The molecule has 0 amide bonds. The zero-order chi connectivity index (χ0) is 19.0. The fraction of sp³-hybridized carbons (Fsp3) is 0.400. The van der Waals surface area contributed by atoms with Crippen molar-refractivity contribution < 1.29 is 74.2 Å². The first-order valence-electron chi connectivity index (χ1n) is 8.95. The Morgan fingerprint density at radius 1 is 0.963 bits per heavy atom. The molecule has 7 heteroatoms. The summed E-state index contributed by atoms with van der Waals surface area (Å²) in [5, 5.41) is 11.9. The number of rotatable bonds is 10. The zero-order valence-electron chi connectivity index (χ0n) is 16.0. The molecule has 0 saturated heterocycles. The van der Waals surface area contributed by atoms with E-state index < -0.39 is 10.1 Å². The predicted molar refractivity (Wildman–Crippen MR) is 99.3 cm³/mol. The van der Waals surface area contributed by atoms with Gasteiger partial charge in [0, 0.05) is 6.07 Å². The molecule has 27 heavy (non-hydrogen) atoms. The zero-order valence-corrected chi connectivity index (χ0v) is 19.9. The van der Waals surface area contributed by atoms with Gasteiger partial charge in [0.25, 0.3) is 10.1 Å². The number of aryl methyl sites for hydroxylation is 1. The van der Waals surface area contributed by atoms with E-state index in [0.717, 1.165) is 24.8 Å². The van der Waals surface area contributed by atoms with E-state index in [4.69, 9.17) is 9.29 Å². The van der Waals surface area contributed by atoms with Crippen molar-refractivity contribution in [1.29, 1.82) is 0 Å². The number of hydrogen-bond acceptors (Lipinski definition) is 4. The van der Waals surface area contributed by atoms with Gasteiger partial charge >= 0.3 is 51.4 Å². The molecule has 0 aliphatic rings. The summed E-state index contributed by atoms with van der Waals surface area (Å²) in [6.45, 7) is 2.19. The second kappa shape index (κ2) is 12.2. The Kier molecular flexibility index (Phi) is 11.1. The fourth-order valence-corrected chi connectivity index (χ4v) is 3.29. The minimum Gasteiger partial charge on any atom is -0.872 e. The molecule has 0 radical (unpaired) electrons. The number of benzene rings is 2. The van der Waals surface area contributed by atoms with Crippen LogP contribution in [0.3, 0.4) is 0 Å². The van der Waals surface area contributed by atoms with E-state index in [2.05, 4.69) is 6.92 Å². The van der Waals surface area contributed by atoms with E-state index in [-0.39, 0.29) is 67.8 Å². The maximum atomic E-state index is 11.9. The summed E-state index contributed by atoms with van der Waals surface area (Å²) in [7, 11) is -4.30. The van der Waals surface area contributed by atoms with E-state index in [1.54, 1.807) is 18.2 Å². The van der Waals surface area contributed by atoms with Crippen molar-refractivity contribution in [3.8, 4) is 17.2 Å². The first kappa shape index (κ1) is 24.6. The van der Waals surface area contributed by atoms with Gasteiger partial charge in [0.05, 0.1) is 4.90 Å². The van der Waals surface area contributed by atoms with E-state index in [9.17, 15) is 13.5 Å². The van der Waals surface area contributed by atoms with Crippen molar-refractivity contribution in [2.24, 2.45) is 0 Å². The third-order valence-corrected chi connectivity index (χ3v) is 4.95. The van der Waals surface area contributed by atoms with Gasteiger partial charge in [0.2, 0.25) is 0 Å². The van der Waals surface area contributed by atoms with Crippen LogP contribution >= 0.6 is 0 Å². The van der Waals surface area contributed by atoms with Crippen molar-refractivity contribution in [3.63, 3.8) is 0 Å². The van der Waals surface area contributed by atoms with Crippen molar-refractivity contribution in [2.45, 2.75) is 56.8 Å². The Balaban J connectivity index is 0.00000364. The van der Waals surface area contributed by atoms with Crippen LogP contribution in [0.1, 0.15) is 51.0 Å². The van der Waals surface area contributed by atoms with Gasteiger partial charge in [-0.15, -0.1) is 5.75 Å². The van der Waals surface area contributed by atoms with Gasteiger partial charge in [-0.05, 0) is 42.7 Å². The normalized spacial score (nSPS) is 11.0. The largest absolute Gasteiger partial charge is 1.00 e. The third-order valence-electron chi connectivity index (χ3n) is 4.10. The van der Waals surface area contributed by atoms with Gasteiger partial charge in [0.15, 0.2) is 0 Å². The minimum atomic E-state index is -4.30. The molecule has 0 aliphatic heterocycles. The Hall–Kier alpha value is -0.414. The van der Waals surface area contributed by atoms with E-state index in [1.807, 2.05) is 0 Å². The van der Waals surface area contributed by atoms with Crippen LogP contribution in [0.15, 0.2) is 47.4 Å². The summed E-state index contributed by atoms with van der Waals surface area (Å²) in [6, 6.07) is 10.3. The van der Waals surface area contributed by atoms with Crippen molar-refractivity contribution in [3.05, 3.63) is 48.0 Å². The van der Waals surface area contributed by atoms with E-state index in [1.165, 1.54) is 49.9 Å². The summed E-state index contributed by atoms with van der Waals surface area (Å²) in [6.07, 6.45) is 7.89. The monoisotopic (exact) mass is 416 g/mol. The van der Waals surface area contributed by atoms with Crippen LogP contribution in [0.2, 0.25) is 0 Å². The number of unbranched alkanes of at least 4 members (excludes halogenated alkanes) is 5. The van der Waals surface area contributed by atoms with Gasteiger partial charge in [-0.1, -0.05) is 51.2 Å². The molecule has 0 spiro atoms. The molecular weight excluding hydrogens is 391 g/mol. The topological polar surface area (TPSA) is 86.7 Å². The van der Waals surface area contributed by atoms with Crippen molar-refractivity contribution in [2.75, 3.05) is 0 Å². The molecule has 1 N–H and O–H groups in total. The molecule has 0 saturated carbocycles. The molecule has 2 aromatic rings.